The van der Waals surface area contributed by atoms with E-state index in [4.69, 9.17) is 4.42 Å². The SMILES string of the molecule is Cc1ccc2oc(C3CCC(=O)C3)cc2c1. The van der Waals surface area contributed by atoms with E-state index >= 15 is 0 Å². The highest BCUT2D eigenvalue weighted by molar-refractivity contribution is 5.83. The van der Waals surface area contributed by atoms with E-state index in [9.17, 15) is 4.79 Å². The number of furan rings is 1. The molecule has 1 aromatic carbocycles. The Morgan fingerprint density at radius 2 is 2.19 bits per heavy atom. The molecule has 0 saturated heterocycles. The Bertz CT molecular complexity index is 551. The van der Waals surface area contributed by atoms with Crippen molar-refractivity contribution in [3.05, 3.63) is 35.6 Å². The molecule has 82 valence electrons. The smallest absolute Gasteiger partial charge is 0.134 e. The minimum absolute atomic E-state index is 0.306. The molecule has 0 radical (unpaired) electrons. The standard InChI is InChI=1S/C14H14O2/c1-9-2-5-13-11(6-9)8-14(16-13)10-3-4-12(15)7-10/h2,5-6,8,10H,3-4,7H2,1H3. The van der Waals surface area contributed by atoms with E-state index < -0.39 is 0 Å². The summed E-state index contributed by atoms with van der Waals surface area (Å²) in [6.45, 7) is 2.07. The Hall–Kier alpha value is -1.57. The van der Waals surface area contributed by atoms with Crippen LogP contribution in [-0.4, -0.2) is 5.78 Å². The van der Waals surface area contributed by atoms with E-state index in [-0.39, 0.29) is 0 Å². The molecular weight excluding hydrogens is 200 g/mol. The lowest BCUT2D eigenvalue weighted by molar-refractivity contribution is -0.117. The molecule has 0 spiro atoms. The number of hydrogen-bond donors (Lipinski definition) is 0. The highest BCUT2D eigenvalue weighted by Gasteiger charge is 2.26. The van der Waals surface area contributed by atoms with Crippen molar-refractivity contribution in [3.63, 3.8) is 0 Å². The Balaban J connectivity index is 2.02. The van der Waals surface area contributed by atoms with E-state index in [0.29, 0.717) is 24.5 Å². The summed E-state index contributed by atoms with van der Waals surface area (Å²) in [6, 6.07) is 8.27. The lowest BCUT2D eigenvalue weighted by atomic mass is 10.0. The van der Waals surface area contributed by atoms with Crippen LogP contribution < -0.4 is 0 Å². The lowest BCUT2D eigenvalue weighted by Crippen LogP contribution is -1.91. The fourth-order valence-electron chi connectivity index (χ4n) is 2.44. The number of hydrogen-bond acceptors (Lipinski definition) is 2. The van der Waals surface area contributed by atoms with Gasteiger partial charge in [-0.2, -0.15) is 0 Å². The third kappa shape index (κ3) is 1.54. The first-order chi connectivity index (χ1) is 7.72. The quantitative estimate of drug-likeness (QED) is 0.726. The molecular formula is C14H14O2. The number of fused-ring (bicyclic) bond motifs is 1. The van der Waals surface area contributed by atoms with Gasteiger partial charge in [-0.25, -0.2) is 0 Å². The Morgan fingerprint density at radius 1 is 1.31 bits per heavy atom. The Labute approximate surface area is 94.3 Å². The molecule has 0 aliphatic heterocycles. The van der Waals surface area contributed by atoms with E-state index in [1.807, 2.05) is 6.07 Å². The van der Waals surface area contributed by atoms with Crippen LogP contribution in [0.4, 0.5) is 0 Å². The van der Waals surface area contributed by atoms with Crippen LogP contribution in [0.25, 0.3) is 11.0 Å². The summed E-state index contributed by atoms with van der Waals surface area (Å²) in [5.74, 6) is 1.65. The topological polar surface area (TPSA) is 30.2 Å². The molecule has 1 heterocycles. The molecule has 16 heavy (non-hydrogen) atoms. The fraction of sp³-hybridized carbons (Fsp3) is 0.357. The minimum Gasteiger partial charge on any atom is -0.461 e. The third-order valence-electron chi connectivity index (χ3n) is 3.34. The maximum Gasteiger partial charge on any atom is 0.134 e. The summed E-state index contributed by atoms with van der Waals surface area (Å²) in [7, 11) is 0. The predicted octanol–water partition coefficient (Wildman–Crippen LogP) is 3.58. The summed E-state index contributed by atoms with van der Waals surface area (Å²) in [4.78, 5) is 11.3. The number of benzene rings is 1. The van der Waals surface area contributed by atoms with Crippen molar-refractivity contribution in [2.45, 2.75) is 32.1 Å². The Kier molecular flexibility index (Phi) is 2.10. The molecule has 1 aliphatic carbocycles. The molecule has 2 heteroatoms. The summed E-state index contributed by atoms with van der Waals surface area (Å²) < 4.78 is 5.80. The third-order valence-corrected chi connectivity index (χ3v) is 3.34. The number of ketones is 1. The lowest BCUT2D eigenvalue weighted by Gasteiger charge is -2.01. The van der Waals surface area contributed by atoms with E-state index in [1.165, 1.54) is 5.56 Å². The van der Waals surface area contributed by atoms with Crippen LogP contribution in [-0.2, 0) is 4.79 Å². The van der Waals surface area contributed by atoms with Crippen LogP contribution in [0.15, 0.2) is 28.7 Å². The highest BCUT2D eigenvalue weighted by atomic mass is 16.3. The number of aryl methyl sites for hydroxylation is 1. The van der Waals surface area contributed by atoms with Crippen molar-refractivity contribution in [2.75, 3.05) is 0 Å². The normalized spacial score (nSPS) is 20.8. The van der Waals surface area contributed by atoms with Gasteiger partial charge in [-0.15, -0.1) is 0 Å². The monoisotopic (exact) mass is 214 g/mol. The summed E-state index contributed by atoms with van der Waals surface area (Å²) in [6.07, 6.45) is 2.30. The van der Waals surface area contributed by atoms with Gasteiger partial charge >= 0.3 is 0 Å². The largest absolute Gasteiger partial charge is 0.461 e. The van der Waals surface area contributed by atoms with Gasteiger partial charge in [0, 0.05) is 24.1 Å². The molecule has 1 atom stereocenters. The molecule has 1 unspecified atom stereocenters. The molecule has 2 nitrogen and oxygen atoms in total. The maximum atomic E-state index is 11.3. The van der Waals surface area contributed by atoms with E-state index in [1.54, 1.807) is 0 Å². The summed E-state index contributed by atoms with van der Waals surface area (Å²) in [5, 5.41) is 1.15. The van der Waals surface area contributed by atoms with Crippen molar-refractivity contribution in [1.29, 1.82) is 0 Å². The second kappa shape index (κ2) is 3.48. The van der Waals surface area contributed by atoms with Crippen LogP contribution in [0.3, 0.4) is 0 Å². The highest BCUT2D eigenvalue weighted by Crippen LogP contribution is 2.35. The minimum atomic E-state index is 0.306. The Morgan fingerprint density at radius 3 is 2.94 bits per heavy atom. The number of carbonyl (C=O) groups excluding carboxylic acids is 1. The molecule has 2 aromatic rings. The summed E-state index contributed by atoms with van der Waals surface area (Å²) >= 11 is 0. The average Bonchev–Trinajstić information content (AvgIpc) is 2.83. The van der Waals surface area contributed by atoms with Crippen LogP contribution in [0.2, 0.25) is 0 Å². The van der Waals surface area contributed by atoms with Crippen molar-refractivity contribution in [2.24, 2.45) is 0 Å². The van der Waals surface area contributed by atoms with Crippen LogP contribution in [0.1, 0.15) is 36.5 Å². The zero-order valence-electron chi connectivity index (χ0n) is 9.32. The molecule has 1 saturated carbocycles. The van der Waals surface area contributed by atoms with Crippen molar-refractivity contribution >= 4 is 16.8 Å². The predicted molar refractivity (Wildman–Crippen MR) is 62.6 cm³/mol. The van der Waals surface area contributed by atoms with E-state index in [2.05, 4.69) is 25.1 Å². The molecule has 1 fully saturated rings. The molecule has 3 rings (SSSR count). The second-order valence-electron chi connectivity index (χ2n) is 4.67. The molecule has 1 aliphatic rings. The van der Waals surface area contributed by atoms with Gasteiger partial charge in [-0.05, 0) is 31.5 Å². The number of Topliss-reactive ketones (excluding diaryl/α,β-unsaturated/α-hetero) is 1. The van der Waals surface area contributed by atoms with Gasteiger partial charge in [0.1, 0.15) is 17.1 Å². The number of rotatable bonds is 1. The van der Waals surface area contributed by atoms with Gasteiger partial charge in [0.25, 0.3) is 0 Å². The zero-order valence-corrected chi connectivity index (χ0v) is 9.32. The first kappa shape index (κ1) is 9.64. The molecule has 0 amide bonds. The average molecular weight is 214 g/mol. The van der Waals surface area contributed by atoms with E-state index in [0.717, 1.165) is 23.2 Å². The van der Waals surface area contributed by atoms with Gasteiger partial charge in [0.2, 0.25) is 0 Å². The second-order valence-corrected chi connectivity index (χ2v) is 4.67. The van der Waals surface area contributed by atoms with Crippen LogP contribution >= 0.6 is 0 Å². The molecule has 0 N–H and O–H groups in total. The summed E-state index contributed by atoms with van der Waals surface area (Å²) in [5.41, 5.74) is 2.17. The van der Waals surface area contributed by atoms with Crippen LogP contribution in [0, 0.1) is 6.92 Å². The van der Waals surface area contributed by atoms with Gasteiger partial charge in [0.15, 0.2) is 0 Å². The van der Waals surface area contributed by atoms with Gasteiger partial charge in [-0.3, -0.25) is 4.79 Å². The molecule has 0 bridgehead atoms. The van der Waals surface area contributed by atoms with Crippen molar-refractivity contribution in [1.82, 2.24) is 0 Å². The van der Waals surface area contributed by atoms with Crippen molar-refractivity contribution in [3.8, 4) is 0 Å². The van der Waals surface area contributed by atoms with Crippen LogP contribution in [0.5, 0.6) is 0 Å². The van der Waals surface area contributed by atoms with Gasteiger partial charge < -0.3 is 4.42 Å². The van der Waals surface area contributed by atoms with Gasteiger partial charge in [-0.1, -0.05) is 11.6 Å². The zero-order chi connectivity index (χ0) is 11.1. The first-order valence-corrected chi connectivity index (χ1v) is 5.74. The number of carbonyl (C=O) groups is 1. The maximum absolute atomic E-state index is 11.3. The van der Waals surface area contributed by atoms with Gasteiger partial charge in [0.05, 0.1) is 0 Å². The fourth-order valence-corrected chi connectivity index (χ4v) is 2.44. The molecule has 1 aromatic heterocycles. The van der Waals surface area contributed by atoms with Crippen molar-refractivity contribution < 1.29 is 9.21 Å². The first-order valence-electron chi connectivity index (χ1n) is 5.74.